The molecule has 124 valence electrons. The highest BCUT2D eigenvalue weighted by Crippen LogP contribution is 2.31. The highest BCUT2D eigenvalue weighted by Gasteiger charge is 2.38. The van der Waals surface area contributed by atoms with Gasteiger partial charge in [-0.3, -0.25) is 0 Å². The van der Waals surface area contributed by atoms with Gasteiger partial charge in [0.2, 0.25) is 0 Å². The first-order valence-electron chi connectivity index (χ1n) is 8.51. The molecule has 0 aromatic carbocycles. The fourth-order valence-corrected chi connectivity index (χ4v) is 3.52. The van der Waals surface area contributed by atoms with Crippen LogP contribution in [0.5, 0.6) is 0 Å². The molecule has 1 atom stereocenters. The summed E-state index contributed by atoms with van der Waals surface area (Å²) in [6.45, 7) is 13.3. The fourth-order valence-electron chi connectivity index (χ4n) is 3.52. The van der Waals surface area contributed by atoms with Crippen LogP contribution >= 0.6 is 0 Å². The molecule has 1 unspecified atom stereocenters. The van der Waals surface area contributed by atoms with E-state index in [1.807, 2.05) is 0 Å². The molecule has 0 bridgehead atoms. The largest absolute Gasteiger partial charge is 0.381 e. The Balaban J connectivity index is 1.89. The monoisotopic (exact) mass is 297 g/mol. The Bertz CT molecular complexity index is 312. The van der Waals surface area contributed by atoms with Gasteiger partial charge in [0.1, 0.15) is 0 Å². The van der Waals surface area contributed by atoms with Crippen LogP contribution in [0, 0.1) is 5.41 Å². The van der Waals surface area contributed by atoms with E-state index in [1.165, 1.54) is 32.4 Å². The van der Waals surface area contributed by atoms with Gasteiger partial charge in [0.05, 0.1) is 6.61 Å². The van der Waals surface area contributed by atoms with Gasteiger partial charge in [-0.25, -0.2) is 0 Å². The fraction of sp³-hybridized carbons (Fsp3) is 1.00. The molecular formula is C17H35N3O. The van der Waals surface area contributed by atoms with Gasteiger partial charge in [0, 0.05) is 36.7 Å². The summed E-state index contributed by atoms with van der Waals surface area (Å²) >= 11 is 0. The summed E-state index contributed by atoms with van der Waals surface area (Å²) in [5, 5.41) is 3.71. The maximum Gasteiger partial charge on any atom is 0.0547 e. The quantitative estimate of drug-likeness (QED) is 0.837. The molecule has 1 N–H and O–H groups in total. The average Bonchev–Trinajstić information content (AvgIpc) is 2.85. The van der Waals surface area contributed by atoms with Gasteiger partial charge in [-0.1, -0.05) is 0 Å². The summed E-state index contributed by atoms with van der Waals surface area (Å²) in [7, 11) is 4.54. The molecular weight excluding hydrogens is 262 g/mol. The number of nitrogens with one attached hydrogen (secondary N) is 1. The molecule has 2 fully saturated rings. The van der Waals surface area contributed by atoms with E-state index in [-0.39, 0.29) is 5.54 Å². The first-order chi connectivity index (χ1) is 9.80. The lowest BCUT2D eigenvalue weighted by Gasteiger charge is -2.41. The van der Waals surface area contributed by atoms with E-state index in [4.69, 9.17) is 4.74 Å². The SMILES string of the molecule is CN1CCC(N(C)CC2(CNC(C)(C)C)CCOC2)CC1. The molecule has 2 heterocycles. The molecule has 0 aromatic heterocycles. The standard InChI is InChI=1S/C17H35N3O/c1-16(2,3)18-12-17(8-11-21-14-17)13-20(5)15-6-9-19(4)10-7-15/h15,18H,6-14H2,1-5H3. The molecule has 0 aliphatic carbocycles. The smallest absolute Gasteiger partial charge is 0.0547 e. The van der Waals surface area contributed by atoms with Crippen molar-refractivity contribution < 1.29 is 4.74 Å². The van der Waals surface area contributed by atoms with Crippen molar-refractivity contribution in [1.82, 2.24) is 15.1 Å². The van der Waals surface area contributed by atoms with Crippen LogP contribution in [0.1, 0.15) is 40.0 Å². The van der Waals surface area contributed by atoms with E-state index in [1.54, 1.807) is 0 Å². The number of hydrogen-bond acceptors (Lipinski definition) is 4. The van der Waals surface area contributed by atoms with Gasteiger partial charge in [-0.05, 0) is 67.2 Å². The van der Waals surface area contributed by atoms with Crippen LogP contribution in [0.2, 0.25) is 0 Å². The van der Waals surface area contributed by atoms with Crippen LogP contribution in [0.4, 0.5) is 0 Å². The number of likely N-dealkylation sites (tertiary alicyclic amines) is 1. The lowest BCUT2D eigenvalue weighted by molar-refractivity contribution is 0.0738. The van der Waals surface area contributed by atoms with Crippen molar-refractivity contribution in [2.75, 3.05) is 53.5 Å². The summed E-state index contributed by atoms with van der Waals surface area (Å²) in [4.78, 5) is 5.05. The first kappa shape index (κ1) is 17.2. The molecule has 0 aromatic rings. The van der Waals surface area contributed by atoms with Crippen molar-refractivity contribution in [1.29, 1.82) is 0 Å². The number of nitrogens with zero attached hydrogens (tertiary/aromatic N) is 2. The Morgan fingerprint density at radius 3 is 2.48 bits per heavy atom. The zero-order valence-corrected chi connectivity index (χ0v) is 14.7. The lowest BCUT2D eigenvalue weighted by Crippen LogP contribution is -2.51. The van der Waals surface area contributed by atoms with Crippen molar-refractivity contribution >= 4 is 0 Å². The normalized spacial score (nSPS) is 29.4. The van der Waals surface area contributed by atoms with Crippen molar-refractivity contribution in [2.45, 2.75) is 51.6 Å². The van der Waals surface area contributed by atoms with Crippen LogP contribution in [0.3, 0.4) is 0 Å². The molecule has 0 radical (unpaired) electrons. The second-order valence-electron chi connectivity index (χ2n) is 8.36. The van der Waals surface area contributed by atoms with Crippen LogP contribution in [0.15, 0.2) is 0 Å². The number of ether oxygens (including phenoxy) is 1. The molecule has 2 saturated heterocycles. The molecule has 4 nitrogen and oxygen atoms in total. The Labute approximate surface area is 131 Å². The molecule has 2 aliphatic rings. The van der Waals surface area contributed by atoms with Crippen LogP contribution in [-0.4, -0.2) is 74.9 Å². The average molecular weight is 297 g/mol. The Morgan fingerprint density at radius 1 is 1.29 bits per heavy atom. The molecule has 4 heteroatoms. The number of hydrogen-bond donors (Lipinski definition) is 1. The van der Waals surface area contributed by atoms with Crippen LogP contribution < -0.4 is 5.32 Å². The lowest BCUT2D eigenvalue weighted by atomic mass is 9.85. The number of rotatable bonds is 5. The van der Waals surface area contributed by atoms with E-state index < -0.39 is 0 Å². The van der Waals surface area contributed by atoms with Crippen molar-refractivity contribution in [3.8, 4) is 0 Å². The first-order valence-corrected chi connectivity index (χ1v) is 8.51. The zero-order valence-electron chi connectivity index (χ0n) is 14.7. The van der Waals surface area contributed by atoms with E-state index in [2.05, 4.69) is 50.0 Å². The highest BCUT2D eigenvalue weighted by molar-refractivity contribution is 4.91. The minimum absolute atomic E-state index is 0.182. The van der Waals surface area contributed by atoms with E-state index >= 15 is 0 Å². The number of piperidine rings is 1. The third-order valence-corrected chi connectivity index (χ3v) is 5.07. The second-order valence-corrected chi connectivity index (χ2v) is 8.36. The summed E-state index contributed by atoms with van der Waals surface area (Å²) in [5.41, 5.74) is 0.479. The minimum atomic E-state index is 0.182. The molecule has 0 spiro atoms. The molecule has 2 aliphatic heterocycles. The Kier molecular flexibility index (Phi) is 5.69. The zero-order chi connectivity index (χ0) is 15.5. The highest BCUT2D eigenvalue weighted by atomic mass is 16.5. The van der Waals surface area contributed by atoms with Gasteiger partial charge in [-0.15, -0.1) is 0 Å². The maximum absolute atomic E-state index is 5.76. The summed E-state index contributed by atoms with van der Waals surface area (Å²) in [6, 6.07) is 0.744. The van der Waals surface area contributed by atoms with E-state index in [0.717, 1.165) is 32.3 Å². The molecule has 21 heavy (non-hydrogen) atoms. The predicted octanol–water partition coefficient (Wildman–Crippen LogP) is 1.81. The van der Waals surface area contributed by atoms with Gasteiger partial charge in [0.25, 0.3) is 0 Å². The predicted molar refractivity (Wildman–Crippen MR) is 88.8 cm³/mol. The summed E-state index contributed by atoms with van der Waals surface area (Å²) in [6.07, 6.45) is 3.79. The van der Waals surface area contributed by atoms with E-state index in [9.17, 15) is 0 Å². The molecule has 0 amide bonds. The van der Waals surface area contributed by atoms with E-state index in [0.29, 0.717) is 5.41 Å². The maximum atomic E-state index is 5.76. The van der Waals surface area contributed by atoms with Gasteiger partial charge in [0.15, 0.2) is 0 Å². The van der Waals surface area contributed by atoms with Crippen molar-refractivity contribution in [3.63, 3.8) is 0 Å². The van der Waals surface area contributed by atoms with Gasteiger partial charge in [-0.2, -0.15) is 0 Å². The topological polar surface area (TPSA) is 27.7 Å². The minimum Gasteiger partial charge on any atom is -0.381 e. The molecule has 0 saturated carbocycles. The Morgan fingerprint density at radius 2 is 1.95 bits per heavy atom. The van der Waals surface area contributed by atoms with Crippen molar-refractivity contribution in [3.05, 3.63) is 0 Å². The summed E-state index contributed by atoms with van der Waals surface area (Å²) in [5.74, 6) is 0. The Hall–Kier alpha value is -0.160. The second kappa shape index (κ2) is 6.95. The summed E-state index contributed by atoms with van der Waals surface area (Å²) < 4.78 is 5.76. The van der Waals surface area contributed by atoms with Crippen LogP contribution in [-0.2, 0) is 4.74 Å². The van der Waals surface area contributed by atoms with Crippen molar-refractivity contribution in [2.24, 2.45) is 5.41 Å². The van der Waals surface area contributed by atoms with Gasteiger partial charge >= 0.3 is 0 Å². The van der Waals surface area contributed by atoms with Crippen LogP contribution in [0.25, 0.3) is 0 Å². The van der Waals surface area contributed by atoms with Gasteiger partial charge < -0.3 is 19.9 Å². The third-order valence-electron chi connectivity index (χ3n) is 5.07. The third kappa shape index (κ3) is 5.20. The molecule has 2 rings (SSSR count).